The number of nitrogens with zero attached hydrogens (tertiary/aromatic N) is 3. The van der Waals surface area contributed by atoms with Gasteiger partial charge in [-0.2, -0.15) is 0 Å². The lowest BCUT2D eigenvalue weighted by atomic mass is 10.1. The third kappa shape index (κ3) is 3.39. The van der Waals surface area contributed by atoms with Gasteiger partial charge < -0.3 is 9.88 Å². The zero-order valence-electron chi connectivity index (χ0n) is 13.0. The standard InChI is InChI=1S/C15H24N4S/c1-6-19-11(4)8-13(12(19)5)9-16-15-18-17-14(20-15)7-10(2)3/h8,10H,6-7,9H2,1-5H3,(H,16,18). The third-order valence-electron chi connectivity index (χ3n) is 3.47. The van der Waals surface area contributed by atoms with Crippen molar-refractivity contribution >= 4 is 16.5 Å². The van der Waals surface area contributed by atoms with Gasteiger partial charge >= 0.3 is 0 Å². The molecule has 0 amide bonds. The van der Waals surface area contributed by atoms with Gasteiger partial charge in [0.15, 0.2) is 0 Å². The number of anilines is 1. The molecule has 1 N–H and O–H groups in total. The summed E-state index contributed by atoms with van der Waals surface area (Å²) < 4.78 is 2.33. The van der Waals surface area contributed by atoms with Crippen LogP contribution in [0.1, 0.15) is 42.7 Å². The second-order valence-electron chi connectivity index (χ2n) is 5.59. The topological polar surface area (TPSA) is 42.7 Å². The smallest absolute Gasteiger partial charge is 0.205 e. The van der Waals surface area contributed by atoms with Crippen LogP contribution in [0.3, 0.4) is 0 Å². The number of hydrogen-bond donors (Lipinski definition) is 1. The molecule has 0 aliphatic heterocycles. The second kappa shape index (κ2) is 6.39. The lowest BCUT2D eigenvalue weighted by Gasteiger charge is -2.06. The van der Waals surface area contributed by atoms with Crippen LogP contribution in [0.4, 0.5) is 5.13 Å². The summed E-state index contributed by atoms with van der Waals surface area (Å²) in [6.07, 6.45) is 1.00. The summed E-state index contributed by atoms with van der Waals surface area (Å²) >= 11 is 1.66. The van der Waals surface area contributed by atoms with E-state index in [-0.39, 0.29) is 0 Å². The SMILES string of the molecule is CCn1c(C)cc(CNc2nnc(CC(C)C)s2)c1C. The fourth-order valence-corrected chi connectivity index (χ4v) is 3.41. The monoisotopic (exact) mass is 292 g/mol. The van der Waals surface area contributed by atoms with Gasteiger partial charge in [-0.25, -0.2) is 0 Å². The van der Waals surface area contributed by atoms with E-state index < -0.39 is 0 Å². The van der Waals surface area contributed by atoms with E-state index in [2.05, 4.69) is 60.8 Å². The Hall–Kier alpha value is -1.36. The summed E-state index contributed by atoms with van der Waals surface area (Å²) in [7, 11) is 0. The van der Waals surface area contributed by atoms with E-state index in [0.29, 0.717) is 5.92 Å². The molecule has 20 heavy (non-hydrogen) atoms. The molecule has 2 aromatic heterocycles. The number of nitrogens with one attached hydrogen (secondary N) is 1. The number of aryl methyl sites for hydroxylation is 1. The Morgan fingerprint density at radius 3 is 2.65 bits per heavy atom. The van der Waals surface area contributed by atoms with Crippen LogP contribution in [-0.4, -0.2) is 14.8 Å². The predicted molar refractivity (Wildman–Crippen MR) is 85.4 cm³/mol. The molecule has 110 valence electrons. The Labute approximate surface area is 125 Å². The molecule has 0 atom stereocenters. The molecule has 0 aliphatic carbocycles. The highest BCUT2D eigenvalue weighted by Crippen LogP contribution is 2.21. The summed E-state index contributed by atoms with van der Waals surface area (Å²) in [5, 5.41) is 13.9. The average Bonchev–Trinajstić information content (AvgIpc) is 2.91. The molecule has 0 spiro atoms. The van der Waals surface area contributed by atoms with Gasteiger partial charge in [-0.15, -0.1) is 10.2 Å². The lowest BCUT2D eigenvalue weighted by molar-refractivity contribution is 0.640. The molecular formula is C15H24N4S. The zero-order chi connectivity index (χ0) is 14.7. The molecule has 0 radical (unpaired) electrons. The van der Waals surface area contributed by atoms with Gasteiger partial charge in [-0.05, 0) is 38.3 Å². The van der Waals surface area contributed by atoms with Crippen LogP contribution in [0.2, 0.25) is 0 Å². The molecule has 0 saturated heterocycles. The highest BCUT2D eigenvalue weighted by Gasteiger charge is 2.09. The Morgan fingerprint density at radius 1 is 1.30 bits per heavy atom. The molecule has 0 aliphatic rings. The Balaban J connectivity index is 2.00. The normalized spacial score (nSPS) is 11.3. The van der Waals surface area contributed by atoms with Crippen LogP contribution < -0.4 is 5.32 Å². The molecule has 0 saturated carbocycles. The average molecular weight is 292 g/mol. The first kappa shape index (κ1) is 15.0. The summed E-state index contributed by atoms with van der Waals surface area (Å²) in [5.74, 6) is 0.624. The maximum Gasteiger partial charge on any atom is 0.205 e. The molecule has 0 fully saturated rings. The van der Waals surface area contributed by atoms with Crippen LogP contribution in [0.25, 0.3) is 0 Å². The molecule has 4 nitrogen and oxygen atoms in total. The minimum atomic E-state index is 0.624. The number of hydrogen-bond acceptors (Lipinski definition) is 4. The van der Waals surface area contributed by atoms with Gasteiger partial charge in [0, 0.05) is 30.9 Å². The fraction of sp³-hybridized carbons (Fsp3) is 0.600. The van der Waals surface area contributed by atoms with Crippen molar-refractivity contribution in [3.05, 3.63) is 28.0 Å². The maximum atomic E-state index is 4.23. The first-order valence-electron chi connectivity index (χ1n) is 7.23. The van der Waals surface area contributed by atoms with Gasteiger partial charge in [-0.3, -0.25) is 0 Å². The molecule has 0 bridgehead atoms. The first-order chi connectivity index (χ1) is 9.51. The minimum absolute atomic E-state index is 0.624. The number of rotatable bonds is 6. The number of aromatic nitrogens is 3. The molecule has 0 unspecified atom stereocenters. The summed E-state index contributed by atoms with van der Waals surface area (Å²) in [4.78, 5) is 0. The quantitative estimate of drug-likeness (QED) is 0.881. The lowest BCUT2D eigenvalue weighted by Crippen LogP contribution is -2.02. The first-order valence-corrected chi connectivity index (χ1v) is 8.04. The molecule has 2 heterocycles. The van der Waals surface area contributed by atoms with Crippen LogP contribution in [-0.2, 0) is 19.5 Å². The summed E-state index contributed by atoms with van der Waals surface area (Å²) in [6.45, 7) is 12.8. The van der Waals surface area contributed by atoms with Crippen molar-refractivity contribution in [3.63, 3.8) is 0 Å². The summed E-state index contributed by atoms with van der Waals surface area (Å²) in [6, 6.07) is 2.25. The van der Waals surface area contributed by atoms with Crippen LogP contribution >= 0.6 is 11.3 Å². The van der Waals surface area contributed by atoms with Crippen LogP contribution in [0, 0.1) is 19.8 Å². The van der Waals surface area contributed by atoms with Gasteiger partial charge in [0.05, 0.1) is 0 Å². The van der Waals surface area contributed by atoms with Crippen LogP contribution in [0.5, 0.6) is 0 Å². The Kier molecular flexibility index (Phi) is 4.81. The van der Waals surface area contributed by atoms with E-state index in [0.717, 1.165) is 29.6 Å². The molecule has 5 heteroatoms. The van der Waals surface area contributed by atoms with Gasteiger partial charge in [0.2, 0.25) is 5.13 Å². The third-order valence-corrected chi connectivity index (χ3v) is 4.38. The zero-order valence-corrected chi connectivity index (χ0v) is 13.8. The van der Waals surface area contributed by atoms with E-state index in [4.69, 9.17) is 0 Å². The van der Waals surface area contributed by atoms with E-state index >= 15 is 0 Å². The largest absolute Gasteiger partial charge is 0.356 e. The fourth-order valence-electron chi connectivity index (χ4n) is 2.47. The van der Waals surface area contributed by atoms with E-state index in [1.165, 1.54) is 17.0 Å². The maximum absolute atomic E-state index is 4.23. The van der Waals surface area contributed by atoms with Crippen molar-refractivity contribution in [2.24, 2.45) is 5.92 Å². The van der Waals surface area contributed by atoms with Crippen molar-refractivity contribution in [3.8, 4) is 0 Å². The van der Waals surface area contributed by atoms with Gasteiger partial charge in [-0.1, -0.05) is 25.2 Å². The molecule has 2 rings (SSSR count). The Morgan fingerprint density at radius 2 is 2.05 bits per heavy atom. The summed E-state index contributed by atoms with van der Waals surface area (Å²) in [5.41, 5.74) is 3.99. The van der Waals surface area contributed by atoms with Crippen molar-refractivity contribution in [2.75, 3.05) is 5.32 Å². The van der Waals surface area contributed by atoms with Crippen LogP contribution in [0.15, 0.2) is 6.07 Å². The highest BCUT2D eigenvalue weighted by atomic mass is 32.1. The van der Waals surface area contributed by atoms with Gasteiger partial charge in [0.1, 0.15) is 5.01 Å². The van der Waals surface area contributed by atoms with E-state index in [1.54, 1.807) is 11.3 Å². The van der Waals surface area contributed by atoms with Crippen molar-refractivity contribution in [1.82, 2.24) is 14.8 Å². The van der Waals surface area contributed by atoms with E-state index in [1.807, 2.05) is 0 Å². The molecular weight excluding hydrogens is 268 g/mol. The van der Waals surface area contributed by atoms with Crippen molar-refractivity contribution in [2.45, 2.75) is 54.1 Å². The van der Waals surface area contributed by atoms with Crippen molar-refractivity contribution in [1.29, 1.82) is 0 Å². The molecule has 0 aromatic carbocycles. The minimum Gasteiger partial charge on any atom is -0.356 e. The van der Waals surface area contributed by atoms with Gasteiger partial charge in [0.25, 0.3) is 0 Å². The Bertz CT molecular complexity index is 568. The molecule has 2 aromatic rings. The predicted octanol–water partition coefficient (Wildman–Crippen LogP) is 3.79. The van der Waals surface area contributed by atoms with Crippen molar-refractivity contribution < 1.29 is 0 Å². The second-order valence-corrected chi connectivity index (χ2v) is 6.66. The van der Waals surface area contributed by atoms with E-state index in [9.17, 15) is 0 Å². The highest BCUT2D eigenvalue weighted by molar-refractivity contribution is 7.15.